The summed E-state index contributed by atoms with van der Waals surface area (Å²) in [4.78, 5) is 16.4. The third-order valence-corrected chi connectivity index (χ3v) is 4.00. The molecule has 0 saturated carbocycles. The molecule has 0 radical (unpaired) electrons. The fourth-order valence-corrected chi connectivity index (χ4v) is 2.52. The van der Waals surface area contributed by atoms with Gasteiger partial charge in [-0.25, -0.2) is 0 Å². The van der Waals surface area contributed by atoms with E-state index in [0.29, 0.717) is 16.6 Å². The summed E-state index contributed by atoms with van der Waals surface area (Å²) in [5.74, 6) is 0.893. The molecule has 26 heavy (non-hydrogen) atoms. The van der Waals surface area contributed by atoms with E-state index in [-0.39, 0.29) is 24.8 Å². The summed E-state index contributed by atoms with van der Waals surface area (Å²) in [5, 5.41) is 7.18. The van der Waals surface area contributed by atoms with Gasteiger partial charge in [0.1, 0.15) is 5.75 Å². The van der Waals surface area contributed by atoms with Crippen LogP contribution in [0.15, 0.2) is 47.0 Å². The zero-order valence-corrected chi connectivity index (χ0v) is 15.2. The summed E-state index contributed by atoms with van der Waals surface area (Å²) in [7, 11) is 0. The number of ether oxygens (including phenoxy) is 1. The average Bonchev–Trinajstić information content (AvgIpc) is 3.04. The molecule has 0 fully saturated rings. The van der Waals surface area contributed by atoms with Crippen LogP contribution < -0.4 is 10.1 Å². The third kappa shape index (κ3) is 4.61. The lowest BCUT2D eigenvalue weighted by Crippen LogP contribution is -2.16. The Bertz CT molecular complexity index is 924. The van der Waals surface area contributed by atoms with Gasteiger partial charge in [-0.1, -0.05) is 41.0 Å². The quantitative estimate of drug-likeness (QED) is 0.705. The van der Waals surface area contributed by atoms with Gasteiger partial charge in [-0.3, -0.25) is 4.79 Å². The van der Waals surface area contributed by atoms with Crippen molar-refractivity contribution in [2.45, 2.75) is 26.9 Å². The predicted octanol–water partition coefficient (Wildman–Crippen LogP) is 4.10. The van der Waals surface area contributed by atoms with E-state index in [9.17, 15) is 4.79 Å². The van der Waals surface area contributed by atoms with Gasteiger partial charge in [-0.15, -0.1) is 0 Å². The molecule has 1 N–H and O–H groups in total. The van der Waals surface area contributed by atoms with E-state index >= 15 is 0 Å². The highest BCUT2D eigenvalue weighted by atomic mass is 35.5. The van der Waals surface area contributed by atoms with Crippen molar-refractivity contribution in [2.24, 2.45) is 0 Å². The molecule has 0 aliphatic rings. The minimum Gasteiger partial charge on any atom is -0.482 e. The van der Waals surface area contributed by atoms with Gasteiger partial charge in [0.25, 0.3) is 5.89 Å². The van der Waals surface area contributed by atoms with Gasteiger partial charge in [-0.05, 0) is 43.2 Å². The minimum atomic E-state index is -0.210. The fraction of sp³-hybridized carbons (Fsp3) is 0.211. The maximum Gasteiger partial charge on any atom is 0.264 e. The van der Waals surface area contributed by atoms with Crippen LogP contribution in [0.4, 0.5) is 5.69 Å². The van der Waals surface area contributed by atoms with E-state index in [1.807, 2.05) is 44.2 Å². The third-order valence-electron chi connectivity index (χ3n) is 3.68. The number of nitrogens with one attached hydrogen (secondary N) is 1. The van der Waals surface area contributed by atoms with Gasteiger partial charge in [0.05, 0.1) is 11.4 Å². The number of carbonyl (C=O) groups excluding carboxylic acids is 1. The first kappa shape index (κ1) is 17.9. The summed E-state index contributed by atoms with van der Waals surface area (Å²) >= 11 is 6.02. The molecule has 6 nitrogen and oxygen atoms in total. The molecule has 0 bridgehead atoms. The molecule has 0 spiro atoms. The van der Waals surface area contributed by atoms with Gasteiger partial charge >= 0.3 is 0 Å². The SMILES string of the molecule is Cc1ccc(C)c(NC(=O)Cc2noc(COc3ccccc3Cl)n2)c1. The molecule has 0 aliphatic heterocycles. The number of para-hydroxylation sites is 1. The molecule has 1 aromatic heterocycles. The van der Waals surface area contributed by atoms with E-state index < -0.39 is 0 Å². The largest absolute Gasteiger partial charge is 0.482 e. The lowest BCUT2D eigenvalue weighted by molar-refractivity contribution is -0.115. The predicted molar refractivity (Wildman–Crippen MR) is 98.3 cm³/mol. The smallest absolute Gasteiger partial charge is 0.264 e. The molecule has 0 unspecified atom stereocenters. The second kappa shape index (κ2) is 8.01. The number of hydrogen-bond donors (Lipinski definition) is 1. The minimum absolute atomic E-state index is 0.0168. The summed E-state index contributed by atoms with van der Waals surface area (Å²) in [6, 6.07) is 13.0. The Morgan fingerprint density at radius 3 is 2.85 bits per heavy atom. The summed E-state index contributed by atoms with van der Waals surface area (Å²) in [5.41, 5.74) is 2.84. The summed E-state index contributed by atoms with van der Waals surface area (Å²) in [6.07, 6.45) is 0.0168. The normalized spacial score (nSPS) is 10.6. The van der Waals surface area contributed by atoms with Crippen LogP contribution >= 0.6 is 11.6 Å². The van der Waals surface area contributed by atoms with Crippen molar-refractivity contribution in [1.29, 1.82) is 0 Å². The Kier molecular flexibility index (Phi) is 5.53. The number of nitrogens with zero attached hydrogens (tertiary/aromatic N) is 2. The van der Waals surface area contributed by atoms with E-state index in [0.717, 1.165) is 16.8 Å². The van der Waals surface area contributed by atoms with Crippen LogP contribution in [0, 0.1) is 13.8 Å². The van der Waals surface area contributed by atoms with Crippen LogP contribution in [0.2, 0.25) is 5.02 Å². The number of aromatic nitrogens is 2. The van der Waals surface area contributed by atoms with Gasteiger partial charge in [0, 0.05) is 5.69 Å². The van der Waals surface area contributed by atoms with Crippen molar-refractivity contribution in [3.63, 3.8) is 0 Å². The zero-order chi connectivity index (χ0) is 18.5. The number of amides is 1. The molecule has 1 heterocycles. The van der Waals surface area contributed by atoms with E-state index in [1.54, 1.807) is 12.1 Å². The molecule has 0 saturated heterocycles. The van der Waals surface area contributed by atoms with Crippen LogP contribution in [0.3, 0.4) is 0 Å². The molecular weight excluding hydrogens is 354 g/mol. The number of carbonyl (C=O) groups is 1. The molecule has 1 amide bonds. The van der Waals surface area contributed by atoms with Crippen LogP contribution in [0.1, 0.15) is 22.8 Å². The highest BCUT2D eigenvalue weighted by Crippen LogP contribution is 2.24. The molecule has 3 aromatic rings. The summed E-state index contributed by atoms with van der Waals surface area (Å²) < 4.78 is 10.6. The number of aryl methyl sites for hydroxylation is 2. The van der Waals surface area contributed by atoms with Gasteiger partial charge in [0.2, 0.25) is 5.91 Å². The Balaban J connectivity index is 1.57. The van der Waals surface area contributed by atoms with Crippen LogP contribution in [-0.2, 0) is 17.8 Å². The van der Waals surface area contributed by atoms with Gasteiger partial charge < -0.3 is 14.6 Å². The van der Waals surface area contributed by atoms with Crippen molar-refractivity contribution < 1.29 is 14.1 Å². The van der Waals surface area contributed by atoms with Crippen LogP contribution in [-0.4, -0.2) is 16.0 Å². The van der Waals surface area contributed by atoms with Gasteiger partial charge in [-0.2, -0.15) is 4.98 Å². The van der Waals surface area contributed by atoms with Crippen molar-refractivity contribution in [2.75, 3.05) is 5.32 Å². The molecule has 0 atom stereocenters. The first-order valence-corrected chi connectivity index (χ1v) is 8.45. The average molecular weight is 372 g/mol. The van der Waals surface area contributed by atoms with E-state index in [4.69, 9.17) is 20.9 Å². The van der Waals surface area contributed by atoms with E-state index in [1.165, 1.54) is 0 Å². The molecule has 0 aliphatic carbocycles. The standard InChI is InChI=1S/C19H18ClN3O3/c1-12-7-8-13(2)15(9-12)21-18(24)10-17-22-19(26-23-17)11-25-16-6-4-3-5-14(16)20/h3-9H,10-11H2,1-2H3,(H,21,24). The van der Waals surface area contributed by atoms with Gasteiger partial charge in [0.15, 0.2) is 12.4 Å². The van der Waals surface area contributed by atoms with Crippen molar-refractivity contribution in [1.82, 2.24) is 10.1 Å². The second-order valence-corrected chi connectivity index (χ2v) is 6.27. The van der Waals surface area contributed by atoms with E-state index in [2.05, 4.69) is 15.5 Å². The molecule has 7 heteroatoms. The topological polar surface area (TPSA) is 77.2 Å². The Morgan fingerprint density at radius 2 is 2.04 bits per heavy atom. The van der Waals surface area contributed by atoms with Crippen molar-refractivity contribution in [3.05, 3.63) is 70.3 Å². The number of hydrogen-bond acceptors (Lipinski definition) is 5. The number of benzene rings is 2. The van der Waals surface area contributed by atoms with Crippen LogP contribution in [0.25, 0.3) is 0 Å². The number of halogens is 1. The zero-order valence-electron chi connectivity index (χ0n) is 14.5. The molecule has 134 valence electrons. The molecule has 3 rings (SSSR count). The second-order valence-electron chi connectivity index (χ2n) is 5.87. The maximum atomic E-state index is 12.2. The lowest BCUT2D eigenvalue weighted by Gasteiger charge is -2.08. The number of rotatable bonds is 6. The fourth-order valence-electron chi connectivity index (χ4n) is 2.33. The van der Waals surface area contributed by atoms with Crippen LogP contribution in [0.5, 0.6) is 5.75 Å². The highest BCUT2D eigenvalue weighted by Gasteiger charge is 2.13. The summed E-state index contributed by atoms with van der Waals surface area (Å²) in [6.45, 7) is 3.99. The first-order chi connectivity index (χ1) is 12.5. The molecular formula is C19H18ClN3O3. The molecule has 2 aromatic carbocycles. The Labute approximate surface area is 156 Å². The monoisotopic (exact) mass is 371 g/mol. The lowest BCUT2D eigenvalue weighted by atomic mass is 10.1. The number of anilines is 1. The first-order valence-electron chi connectivity index (χ1n) is 8.07. The van der Waals surface area contributed by atoms with Crippen molar-refractivity contribution in [3.8, 4) is 5.75 Å². The Hall–Kier alpha value is -2.86. The highest BCUT2D eigenvalue weighted by molar-refractivity contribution is 6.32. The Morgan fingerprint density at radius 1 is 1.23 bits per heavy atom. The maximum absolute atomic E-state index is 12.2. The van der Waals surface area contributed by atoms with Crippen molar-refractivity contribution >= 4 is 23.2 Å².